The highest BCUT2D eigenvalue weighted by molar-refractivity contribution is 6.31. The molecule has 2 N–H and O–H groups in total. The van der Waals surface area contributed by atoms with Crippen LogP contribution < -0.4 is 15.4 Å². The van der Waals surface area contributed by atoms with Crippen molar-refractivity contribution in [2.45, 2.75) is 6.54 Å². The van der Waals surface area contributed by atoms with Crippen LogP contribution in [0.15, 0.2) is 42.5 Å². The summed E-state index contributed by atoms with van der Waals surface area (Å²) in [5, 5.41) is 0.557. The summed E-state index contributed by atoms with van der Waals surface area (Å²) in [7, 11) is 0. The van der Waals surface area contributed by atoms with Gasteiger partial charge in [0.25, 0.3) is 5.91 Å². The van der Waals surface area contributed by atoms with E-state index in [9.17, 15) is 4.79 Å². The Bertz CT molecular complexity index is 673. The number of amides is 1. The summed E-state index contributed by atoms with van der Waals surface area (Å²) in [6.07, 6.45) is 0. The van der Waals surface area contributed by atoms with Gasteiger partial charge in [-0.05, 0) is 29.8 Å². The normalized spacial score (nSPS) is 13.8. The maximum absolute atomic E-state index is 12.1. The molecule has 20 heavy (non-hydrogen) atoms. The van der Waals surface area contributed by atoms with Crippen LogP contribution >= 0.6 is 11.6 Å². The summed E-state index contributed by atoms with van der Waals surface area (Å²) >= 11 is 6.17. The summed E-state index contributed by atoms with van der Waals surface area (Å²) in [5.74, 6) is 0.621. The molecule has 1 amide bonds. The third-order valence-electron chi connectivity index (χ3n) is 3.21. The number of ether oxygens (including phenoxy) is 1. The Hall–Kier alpha value is -2.20. The number of nitrogens with zero attached hydrogens (tertiary/aromatic N) is 1. The molecule has 2 aromatic rings. The molecule has 0 aromatic heterocycles. The molecule has 0 spiro atoms. The molecule has 0 aliphatic carbocycles. The van der Waals surface area contributed by atoms with Crippen LogP contribution in [0.25, 0.3) is 0 Å². The van der Waals surface area contributed by atoms with Crippen molar-refractivity contribution in [3.8, 4) is 5.75 Å². The number of anilines is 2. The van der Waals surface area contributed by atoms with Gasteiger partial charge in [-0.15, -0.1) is 0 Å². The van der Waals surface area contributed by atoms with Crippen LogP contribution in [-0.2, 0) is 11.3 Å². The van der Waals surface area contributed by atoms with E-state index in [0.29, 0.717) is 23.0 Å². The summed E-state index contributed by atoms with van der Waals surface area (Å²) in [6.45, 7) is 0.446. The van der Waals surface area contributed by atoms with Gasteiger partial charge in [0, 0.05) is 10.7 Å². The molecule has 0 atom stereocenters. The highest BCUT2D eigenvalue weighted by Gasteiger charge is 2.25. The molecule has 1 heterocycles. The van der Waals surface area contributed by atoms with Crippen LogP contribution in [-0.4, -0.2) is 12.5 Å². The molecule has 102 valence electrons. The van der Waals surface area contributed by atoms with Gasteiger partial charge in [-0.3, -0.25) is 4.79 Å². The number of fused-ring (bicyclic) bond motifs is 1. The first-order valence-corrected chi connectivity index (χ1v) is 6.59. The third kappa shape index (κ3) is 2.30. The minimum absolute atomic E-state index is 0.0452. The summed E-state index contributed by atoms with van der Waals surface area (Å²) in [5.41, 5.74) is 7.90. The molecular weight excluding hydrogens is 276 g/mol. The monoisotopic (exact) mass is 288 g/mol. The standard InChI is InChI=1S/C15H13ClN2O2/c16-12-7-11(17)6-5-10(12)8-18-13-3-1-2-4-14(13)20-9-15(18)19/h1-7H,8-9,17H2. The molecular formula is C15H13ClN2O2. The molecule has 0 radical (unpaired) electrons. The zero-order chi connectivity index (χ0) is 14.1. The molecule has 0 unspecified atom stereocenters. The van der Waals surface area contributed by atoms with Crippen molar-refractivity contribution in [2.75, 3.05) is 17.2 Å². The molecule has 0 saturated heterocycles. The first-order chi connectivity index (χ1) is 9.65. The average Bonchev–Trinajstić information content (AvgIpc) is 2.44. The van der Waals surface area contributed by atoms with E-state index < -0.39 is 0 Å². The Kier molecular flexibility index (Phi) is 3.24. The fourth-order valence-corrected chi connectivity index (χ4v) is 2.44. The van der Waals surface area contributed by atoms with Gasteiger partial charge in [0.2, 0.25) is 0 Å². The Labute approximate surface area is 121 Å². The Morgan fingerprint density at radius 2 is 2.05 bits per heavy atom. The first-order valence-electron chi connectivity index (χ1n) is 6.21. The van der Waals surface area contributed by atoms with Gasteiger partial charge in [-0.1, -0.05) is 29.8 Å². The van der Waals surface area contributed by atoms with Crippen molar-refractivity contribution >= 4 is 28.9 Å². The van der Waals surface area contributed by atoms with E-state index in [1.54, 1.807) is 17.0 Å². The predicted molar refractivity (Wildman–Crippen MR) is 79.0 cm³/mol. The van der Waals surface area contributed by atoms with E-state index in [0.717, 1.165) is 11.3 Å². The van der Waals surface area contributed by atoms with E-state index in [1.807, 2.05) is 30.3 Å². The van der Waals surface area contributed by atoms with Crippen molar-refractivity contribution in [2.24, 2.45) is 0 Å². The highest BCUT2D eigenvalue weighted by atomic mass is 35.5. The largest absolute Gasteiger partial charge is 0.482 e. The number of nitrogens with two attached hydrogens (primary N) is 1. The molecule has 1 aliphatic heterocycles. The third-order valence-corrected chi connectivity index (χ3v) is 3.57. The highest BCUT2D eigenvalue weighted by Crippen LogP contribution is 2.33. The Morgan fingerprint density at radius 1 is 1.25 bits per heavy atom. The second-order valence-electron chi connectivity index (χ2n) is 4.59. The second-order valence-corrected chi connectivity index (χ2v) is 4.99. The van der Waals surface area contributed by atoms with Crippen LogP contribution in [0, 0.1) is 0 Å². The number of para-hydroxylation sites is 2. The van der Waals surface area contributed by atoms with Crippen molar-refractivity contribution in [3.63, 3.8) is 0 Å². The molecule has 5 heteroatoms. The van der Waals surface area contributed by atoms with Crippen molar-refractivity contribution < 1.29 is 9.53 Å². The van der Waals surface area contributed by atoms with Crippen molar-refractivity contribution in [1.29, 1.82) is 0 Å². The average molecular weight is 289 g/mol. The lowest BCUT2D eigenvalue weighted by Crippen LogP contribution is -2.38. The maximum Gasteiger partial charge on any atom is 0.265 e. The topological polar surface area (TPSA) is 55.6 Å². The zero-order valence-corrected chi connectivity index (χ0v) is 11.4. The van der Waals surface area contributed by atoms with Gasteiger partial charge in [0.05, 0.1) is 12.2 Å². The molecule has 2 aromatic carbocycles. The van der Waals surface area contributed by atoms with Crippen LogP contribution in [0.1, 0.15) is 5.56 Å². The number of halogens is 1. The lowest BCUT2D eigenvalue weighted by atomic mass is 10.1. The maximum atomic E-state index is 12.1. The number of nitrogen functional groups attached to an aromatic ring is 1. The summed E-state index contributed by atoms with van der Waals surface area (Å²) in [4.78, 5) is 13.7. The van der Waals surface area contributed by atoms with E-state index in [-0.39, 0.29) is 12.5 Å². The second kappa shape index (κ2) is 5.06. The Morgan fingerprint density at radius 3 is 2.85 bits per heavy atom. The summed E-state index contributed by atoms with van der Waals surface area (Å²) in [6, 6.07) is 12.8. The number of carbonyl (C=O) groups is 1. The molecule has 3 rings (SSSR count). The lowest BCUT2D eigenvalue weighted by molar-refractivity contribution is -0.121. The molecule has 0 saturated carbocycles. The molecule has 0 bridgehead atoms. The van der Waals surface area contributed by atoms with Crippen molar-refractivity contribution in [3.05, 3.63) is 53.1 Å². The van der Waals surface area contributed by atoms with Crippen LogP contribution in [0.2, 0.25) is 5.02 Å². The zero-order valence-electron chi connectivity index (χ0n) is 10.7. The van der Waals surface area contributed by atoms with Gasteiger partial charge in [-0.2, -0.15) is 0 Å². The fourth-order valence-electron chi connectivity index (χ4n) is 2.19. The van der Waals surface area contributed by atoms with Crippen LogP contribution in [0.5, 0.6) is 5.75 Å². The van der Waals surface area contributed by atoms with E-state index in [1.165, 1.54) is 0 Å². The van der Waals surface area contributed by atoms with E-state index in [4.69, 9.17) is 22.1 Å². The van der Waals surface area contributed by atoms with Gasteiger partial charge >= 0.3 is 0 Å². The Balaban J connectivity index is 1.95. The fraction of sp³-hybridized carbons (Fsp3) is 0.133. The minimum atomic E-state index is -0.0865. The van der Waals surface area contributed by atoms with E-state index >= 15 is 0 Å². The van der Waals surface area contributed by atoms with Gasteiger partial charge in [0.15, 0.2) is 6.61 Å². The van der Waals surface area contributed by atoms with E-state index in [2.05, 4.69) is 0 Å². The number of benzene rings is 2. The predicted octanol–water partition coefficient (Wildman–Crippen LogP) is 2.85. The number of carbonyl (C=O) groups excluding carboxylic acids is 1. The molecule has 1 aliphatic rings. The lowest BCUT2D eigenvalue weighted by Gasteiger charge is -2.29. The molecule has 4 nitrogen and oxygen atoms in total. The quantitative estimate of drug-likeness (QED) is 0.865. The number of hydrogen-bond acceptors (Lipinski definition) is 3. The van der Waals surface area contributed by atoms with Gasteiger partial charge in [0.1, 0.15) is 5.75 Å². The SMILES string of the molecule is Nc1ccc(CN2C(=O)COc3ccccc32)c(Cl)c1. The van der Waals surface area contributed by atoms with Crippen LogP contribution in [0.4, 0.5) is 11.4 Å². The summed E-state index contributed by atoms with van der Waals surface area (Å²) < 4.78 is 5.41. The van der Waals surface area contributed by atoms with Gasteiger partial charge in [-0.25, -0.2) is 0 Å². The van der Waals surface area contributed by atoms with Crippen LogP contribution in [0.3, 0.4) is 0 Å². The number of rotatable bonds is 2. The first kappa shape index (κ1) is 12.8. The molecule has 0 fully saturated rings. The van der Waals surface area contributed by atoms with Gasteiger partial charge < -0.3 is 15.4 Å². The minimum Gasteiger partial charge on any atom is -0.482 e. The van der Waals surface area contributed by atoms with Crippen molar-refractivity contribution in [1.82, 2.24) is 0 Å². The smallest absolute Gasteiger partial charge is 0.265 e. The number of hydrogen-bond donors (Lipinski definition) is 1.